The number of nitrogens with one attached hydrogen (secondary N) is 1. The summed E-state index contributed by atoms with van der Waals surface area (Å²) in [6.45, 7) is 3.42. The van der Waals surface area contributed by atoms with E-state index in [0.717, 1.165) is 11.3 Å². The monoisotopic (exact) mass is 167 g/mol. The van der Waals surface area contributed by atoms with Crippen LogP contribution in [0.15, 0.2) is 12.1 Å². The number of aryl methyl sites for hydroxylation is 1. The van der Waals surface area contributed by atoms with E-state index in [-0.39, 0.29) is 5.82 Å². The largest absolute Gasteiger partial charge is 0.367 e. The molecule has 2 N–H and O–H groups in total. The van der Waals surface area contributed by atoms with Crippen LogP contribution in [0, 0.1) is 12.7 Å². The van der Waals surface area contributed by atoms with Gasteiger partial charge in [-0.2, -0.15) is 0 Å². The first-order chi connectivity index (χ1) is 5.50. The highest BCUT2D eigenvalue weighted by atomic mass is 19.1. The number of hydrogen-bond acceptors (Lipinski definition) is 2. The Morgan fingerprint density at radius 3 is 2.75 bits per heavy atom. The number of hydrogen-bond donors (Lipinski definition) is 2. The maximum absolute atomic E-state index is 12.8. The second kappa shape index (κ2) is 1.98. The lowest BCUT2D eigenvalue weighted by atomic mass is 9.91. The molecule has 1 heterocycles. The highest BCUT2D eigenvalue weighted by molar-refractivity contribution is 5.69. The van der Waals surface area contributed by atoms with Gasteiger partial charge in [0.15, 0.2) is 5.72 Å². The third-order valence-electron chi connectivity index (χ3n) is 2.19. The number of fused-ring (bicyclic) bond motifs is 1. The molecule has 0 aromatic heterocycles. The Balaban J connectivity index is 2.60. The van der Waals surface area contributed by atoms with Crippen molar-refractivity contribution < 1.29 is 9.50 Å². The van der Waals surface area contributed by atoms with E-state index < -0.39 is 5.72 Å². The van der Waals surface area contributed by atoms with Crippen LogP contribution in [0.4, 0.5) is 10.1 Å². The Bertz CT molecular complexity index is 347. The fraction of sp³-hybridized carbons (Fsp3) is 0.333. The first kappa shape index (κ1) is 7.55. The zero-order valence-corrected chi connectivity index (χ0v) is 6.98. The van der Waals surface area contributed by atoms with Gasteiger partial charge in [0.1, 0.15) is 5.82 Å². The van der Waals surface area contributed by atoms with Crippen LogP contribution in [0.3, 0.4) is 0 Å². The summed E-state index contributed by atoms with van der Waals surface area (Å²) in [6, 6.07) is 2.81. The fourth-order valence-corrected chi connectivity index (χ4v) is 1.54. The maximum atomic E-state index is 12.8. The molecule has 1 atom stereocenters. The average molecular weight is 167 g/mol. The second-order valence-corrected chi connectivity index (χ2v) is 3.34. The van der Waals surface area contributed by atoms with Crippen molar-refractivity contribution in [1.82, 2.24) is 0 Å². The van der Waals surface area contributed by atoms with Crippen molar-refractivity contribution in [3.8, 4) is 0 Å². The van der Waals surface area contributed by atoms with Crippen LogP contribution in [0.5, 0.6) is 0 Å². The summed E-state index contributed by atoms with van der Waals surface area (Å²) in [5.74, 6) is -0.298. The predicted octanol–water partition coefficient (Wildman–Crippen LogP) is 1.72. The van der Waals surface area contributed by atoms with E-state index in [4.69, 9.17) is 0 Å². The van der Waals surface area contributed by atoms with E-state index in [1.54, 1.807) is 6.92 Å². The minimum atomic E-state index is -1.05. The van der Waals surface area contributed by atoms with E-state index >= 15 is 0 Å². The zero-order valence-electron chi connectivity index (χ0n) is 6.98. The van der Waals surface area contributed by atoms with E-state index in [1.807, 2.05) is 6.92 Å². The normalized spacial score (nSPS) is 25.7. The van der Waals surface area contributed by atoms with Gasteiger partial charge in [-0.1, -0.05) is 0 Å². The summed E-state index contributed by atoms with van der Waals surface area (Å²) in [4.78, 5) is 0. The Labute approximate surface area is 70.0 Å². The fourth-order valence-electron chi connectivity index (χ4n) is 1.54. The van der Waals surface area contributed by atoms with Gasteiger partial charge in [-0.05, 0) is 31.5 Å². The third kappa shape index (κ3) is 0.830. The highest BCUT2D eigenvalue weighted by Crippen LogP contribution is 2.41. The zero-order chi connectivity index (χ0) is 8.93. The van der Waals surface area contributed by atoms with E-state index in [0.29, 0.717) is 5.56 Å². The molecule has 1 aromatic rings. The van der Waals surface area contributed by atoms with Crippen LogP contribution in [0.2, 0.25) is 0 Å². The molecule has 1 aliphatic heterocycles. The summed E-state index contributed by atoms with van der Waals surface area (Å²) in [5, 5.41) is 12.4. The summed E-state index contributed by atoms with van der Waals surface area (Å²) in [7, 11) is 0. The molecule has 1 unspecified atom stereocenters. The number of rotatable bonds is 0. The average Bonchev–Trinajstić information content (AvgIpc) is 1.94. The Hall–Kier alpha value is -1.09. The van der Waals surface area contributed by atoms with E-state index in [9.17, 15) is 9.50 Å². The smallest absolute Gasteiger partial charge is 0.161 e. The molecular weight excluding hydrogens is 157 g/mol. The van der Waals surface area contributed by atoms with Crippen molar-refractivity contribution in [2.45, 2.75) is 19.6 Å². The molecule has 3 heteroatoms. The van der Waals surface area contributed by atoms with Gasteiger partial charge in [0, 0.05) is 11.3 Å². The second-order valence-electron chi connectivity index (χ2n) is 3.34. The lowest BCUT2D eigenvalue weighted by Crippen LogP contribution is -2.41. The van der Waals surface area contributed by atoms with Gasteiger partial charge in [0.25, 0.3) is 0 Å². The van der Waals surface area contributed by atoms with Crippen LogP contribution in [0.25, 0.3) is 0 Å². The minimum absolute atomic E-state index is 0.298. The molecule has 1 aliphatic rings. The molecule has 0 saturated carbocycles. The van der Waals surface area contributed by atoms with Gasteiger partial charge in [-0.3, -0.25) is 0 Å². The quantitative estimate of drug-likeness (QED) is 0.616. The van der Waals surface area contributed by atoms with Crippen LogP contribution in [0.1, 0.15) is 18.1 Å². The lowest BCUT2D eigenvalue weighted by Gasteiger charge is -2.39. The van der Waals surface area contributed by atoms with Crippen molar-refractivity contribution in [3.05, 3.63) is 29.1 Å². The molecule has 2 rings (SSSR count). The summed E-state index contributed by atoms with van der Waals surface area (Å²) in [6.07, 6.45) is 0. The van der Waals surface area contributed by atoms with Crippen LogP contribution in [-0.4, -0.2) is 5.11 Å². The molecule has 0 radical (unpaired) electrons. The molecule has 0 fully saturated rings. The van der Waals surface area contributed by atoms with Gasteiger partial charge in [-0.15, -0.1) is 0 Å². The summed E-state index contributed by atoms with van der Waals surface area (Å²) >= 11 is 0. The van der Waals surface area contributed by atoms with E-state index in [2.05, 4.69) is 5.32 Å². The molecule has 0 spiro atoms. The predicted molar refractivity (Wildman–Crippen MR) is 44.3 cm³/mol. The molecule has 0 aliphatic carbocycles. The first-order valence-corrected chi connectivity index (χ1v) is 3.82. The van der Waals surface area contributed by atoms with Gasteiger partial charge >= 0.3 is 0 Å². The van der Waals surface area contributed by atoms with Crippen molar-refractivity contribution in [1.29, 1.82) is 0 Å². The SMILES string of the molecule is Cc1cc(F)cc2c1NC2(C)O. The van der Waals surface area contributed by atoms with Crippen LogP contribution < -0.4 is 5.32 Å². The molecule has 0 amide bonds. The van der Waals surface area contributed by atoms with Crippen molar-refractivity contribution in [3.63, 3.8) is 0 Å². The number of benzene rings is 1. The lowest BCUT2D eigenvalue weighted by molar-refractivity contribution is 0.0725. The molecule has 64 valence electrons. The standard InChI is InChI=1S/C9H10FNO/c1-5-3-6(10)4-7-8(5)11-9(7,2)12/h3-4,11-12H,1-2H3. The molecule has 0 saturated heterocycles. The number of anilines is 1. The van der Waals surface area contributed by atoms with Crippen molar-refractivity contribution in [2.75, 3.05) is 5.32 Å². The highest BCUT2D eigenvalue weighted by Gasteiger charge is 2.37. The minimum Gasteiger partial charge on any atom is -0.367 e. The molecule has 2 nitrogen and oxygen atoms in total. The van der Waals surface area contributed by atoms with Crippen LogP contribution in [-0.2, 0) is 5.72 Å². The third-order valence-corrected chi connectivity index (χ3v) is 2.19. The summed E-state index contributed by atoms with van der Waals surface area (Å²) in [5.41, 5.74) is 1.26. The Kier molecular flexibility index (Phi) is 1.25. The topological polar surface area (TPSA) is 32.3 Å². The number of aliphatic hydroxyl groups is 1. The molecule has 12 heavy (non-hydrogen) atoms. The van der Waals surface area contributed by atoms with Gasteiger partial charge in [-0.25, -0.2) is 4.39 Å². The van der Waals surface area contributed by atoms with E-state index in [1.165, 1.54) is 12.1 Å². The first-order valence-electron chi connectivity index (χ1n) is 3.82. The van der Waals surface area contributed by atoms with Crippen LogP contribution >= 0.6 is 0 Å². The van der Waals surface area contributed by atoms with Gasteiger partial charge < -0.3 is 10.4 Å². The molecular formula is C9H10FNO. The number of halogens is 1. The maximum Gasteiger partial charge on any atom is 0.161 e. The molecule has 1 aromatic carbocycles. The van der Waals surface area contributed by atoms with Crippen molar-refractivity contribution in [2.24, 2.45) is 0 Å². The Morgan fingerprint density at radius 1 is 1.50 bits per heavy atom. The van der Waals surface area contributed by atoms with Crippen molar-refractivity contribution >= 4 is 5.69 Å². The summed E-state index contributed by atoms with van der Waals surface area (Å²) < 4.78 is 12.8. The molecule has 0 bridgehead atoms. The van der Waals surface area contributed by atoms with Gasteiger partial charge in [0.2, 0.25) is 0 Å². The Morgan fingerprint density at radius 2 is 2.17 bits per heavy atom. The van der Waals surface area contributed by atoms with Gasteiger partial charge in [0.05, 0.1) is 0 Å².